The van der Waals surface area contributed by atoms with Crippen molar-refractivity contribution in [3.05, 3.63) is 83.4 Å². The van der Waals surface area contributed by atoms with Gasteiger partial charge in [0.1, 0.15) is 0 Å². The molecule has 5 nitrogen and oxygen atoms in total. The molecule has 1 N–H and O–H groups in total. The number of carbonyl (C=O) groups is 1. The van der Waals surface area contributed by atoms with Crippen LogP contribution in [-0.2, 0) is 13.6 Å². The summed E-state index contributed by atoms with van der Waals surface area (Å²) in [6.45, 7) is 3.77. The highest BCUT2D eigenvalue weighted by atomic mass is 31.2. The Morgan fingerprint density at radius 2 is 1.52 bits per heavy atom. The van der Waals surface area contributed by atoms with E-state index in [0.29, 0.717) is 5.56 Å². The van der Waals surface area contributed by atoms with Crippen molar-refractivity contribution in [2.24, 2.45) is 0 Å². The third-order valence-corrected chi connectivity index (χ3v) is 5.85. The highest BCUT2D eigenvalue weighted by molar-refractivity contribution is 7.65. The molecular weight excluding hydrogens is 363 g/mol. The quantitative estimate of drug-likeness (QED) is 0.442. The van der Waals surface area contributed by atoms with E-state index in [4.69, 9.17) is 9.05 Å². The summed E-state index contributed by atoms with van der Waals surface area (Å²) in [5.41, 5.74) is 1.31. The number of benzene rings is 2. The molecule has 0 heterocycles. The van der Waals surface area contributed by atoms with Crippen molar-refractivity contribution in [2.45, 2.75) is 13.8 Å². The van der Waals surface area contributed by atoms with Gasteiger partial charge < -0.3 is 14.2 Å². The second-order valence-corrected chi connectivity index (χ2v) is 7.50. The van der Waals surface area contributed by atoms with E-state index in [1.54, 1.807) is 44.2 Å². The first-order chi connectivity index (χ1) is 13.0. The normalized spacial score (nSPS) is 12.4. The van der Waals surface area contributed by atoms with Crippen molar-refractivity contribution in [3.8, 4) is 0 Å². The zero-order valence-corrected chi connectivity index (χ0v) is 16.3. The first-order valence-corrected chi connectivity index (χ1v) is 10.2. The summed E-state index contributed by atoms with van der Waals surface area (Å²) in [6.07, 6.45) is 5.15. The van der Waals surface area contributed by atoms with Gasteiger partial charge in [0.15, 0.2) is 0 Å². The predicted octanol–water partition coefficient (Wildman–Crippen LogP) is 5.71. The van der Waals surface area contributed by atoms with Gasteiger partial charge in [0, 0.05) is 5.56 Å². The molecular formula is C21H23O5P. The van der Waals surface area contributed by atoms with E-state index in [-0.39, 0.29) is 24.1 Å². The van der Waals surface area contributed by atoms with Crippen molar-refractivity contribution >= 4 is 25.0 Å². The fraction of sp³-hybridized carbons (Fsp3) is 0.190. The second kappa shape index (κ2) is 10.0. The van der Waals surface area contributed by atoms with Gasteiger partial charge in [-0.25, -0.2) is 4.79 Å². The molecule has 0 aliphatic rings. The molecule has 0 amide bonds. The summed E-state index contributed by atoms with van der Waals surface area (Å²) in [7, 11) is -3.69. The molecule has 0 unspecified atom stereocenters. The van der Waals surface area contributed by atoms with Crippen molar-refractivity contribution in [1.29, 1.82) is 0 Å². The van der Waals surface area contributed by atoms with Gasteiger partial charge in [-0.15, -0.1) is 0 Å². The second-order valence-electron chi connectivity index (χ2n) is 5.51. The molecule has 27 heavy (non-hydrogen) atoms. The summed E-state index contributed by atoms with van der Waals surface area (Å²) >= 11 is 0. The van der Waals surface area contributed by atoms with Crippen molar-refractivity contribution in [3.63, 3.8) is 0 Å². The minimum Gasteiger partial charge on any atom is -0.478 e. The number of carboxylic acid groups (broad SMARTS) is 1. The van der Waals surface area contributed by atoms with Crippen molar-refractivity contribution in [2.75, 3.05) is 13.2 Å². The lowest BCUT2D eigenvalue weighted by Crippen LogP contribution is -2.05. The largest absolute Gasteiger partial charge is 0.478 e. The number of hydrogen-bond acceptors (Lipinski definition) is 4. The number of aromatic carboxylic acids is 1. The minimum atomic E-state index is -3.69. The lowest BCUT2D eigenvalue weighted by Gasteiger charge is -2.21. The van der Waals surface area contributed by atoms with Crippen LogP contribution in [-0.4, -0.2) is 24.3 Å². The summed E-state index contributed by atoms with van der Waals surface area (Å²) in [5.74, 6) is -1.11. The van der Waals surface area contributed by atoms with E-state index in [9.17, 15) is 14.5 Å². The van der Waals surface area contributed by atoms with Crippen molar-refractivity contribution in [1.82, 2.24) is 0 Å². The maximum atomic E-state index is 13.4. The van der Waals surface area contributed by atoms with E-state index in [1.807, 2.05) is 36.4 Å². The van der Waals surface area contributed by atoms with Crippen LogP contribution in [0.5, 0.6) is 0 Å². The van der Waals surface area contributed by atoms with Crippen LogP contribution < -0.4 is 0 Å². The van der Waals surface area contributed by atoms with Crippen LogP contribution in [0.2, 0.25) is 0 Å². The van der Waals surface area contributed by atoms with Crippen LogP contribution in [0, 0.1) is 0 Å². The molecule has 0 bridgehead atoms. The Kier molecular flexibility index (Phi) is 7.74. The monoisotopic (exact) mass is 386 g/mol. The Balaban J connectivity index is 2.58. The van der Waals surface area contributed by atoms with Gasteiger partial charge in [-0.1, -0.05) is 60.7 Å². The zero-order chi connectivity index (χ0) is 19.7. The van der Waals surface area contributed by atoms with Crippen LogP contribution in [0.25, 0.3) is 11.4 Å². The number of allylic oxidation sites excluding steroid dienone is 2. The molecule has 0 aliphatic heterocycles. The van der Waals surface area contributed by atoms with Gasteiger partial charge in [0.25, 0.3) is 0 Å². The summed E-state index contributed by atoms with van der Waals surface area (Å²) in [5, 5.41) is 9.75. The van der Waals surface area contributed by atoms with Gasteiger partial charge in [-0.05, 0) is 31.6 Å². The first kappa shape index (κ1) is 20.8. The SMILES string of the molecule is CCOP(=O)(OCC)/C(=C/C=C/c1ccccc1)c1ccccc1C(=O)O. The van der Waals surface area contributed by atoms with Crippen LogP contribution in [0.15, 0.2) is 66.7 Å². The highest BCUT2D eigenvalue weighted by Gasteiger charge is 2.32. The lowest BCUT2D eigenvalue weighted by atomic mass is 10.1. The smallest absolute Gasteiger partial charge is 0.361 e. The van der Waals surface area contributed by atoms with Crippen LogP contribution in [0.1, 0.15) is 35.3 Å². The maximum Gasteiger partial charge on any atom is 0.361 e. The van der Waals surface area contributed by atoms with Gasteiger partial charge in [-0.3, -0.25) is 4.57 Å². The molecule has 0 fully saturated rings. The molecule has 2 aromatic rings. The molecule has 0 aliphatic carbocycles. The molecule has 0 spiro atoms. The molecule has 0 saturated heterocycles. The topological polar surface area (TPSA) is 72.8 Å². The number of carboxylic acids is 1. The average Bonchev–Trinajstić information content (AvgIpc) is 2.66. The Labute approximate surface area is 159 Å². The fourth-order valence-electron chi connectivity index (χ4n) is 2.55. The minimum absolute atomic E-state index is 0.0384. The van der Waals surface area contributed by atoms with Crippen LogP contribution >= 0.6 is 7.60 Å². The summed E-state index contributed by atoms with van der Waals surface area (Å²) < 4.78 is 24.3. The van der Waals surface area contributed by atoms with E-state index < -0.39 is 13.6 Å². The summed E-state index contributed by atoms with van der Waals surface area (Å²) in [6, 6.07) is 16.0. The zero-order valence-electron chi connectivity index (χ0n) is 15.4. The molecule has 2 rings (SSSR count). The van der Waals surface area contributed by atoms with Crippen LogP contribution in [0.4, 0.5) is 0 Å². The van der Waals surface area contributed by atoms with Gasteiger partial charge in [0.2, 0.25) is 0 Å². The van der Waals surface area contributed by atoms with E-state index in [1.165, 1.54) is 6.07 Å². The maximum absolute atomic E-state index is 13.4. The highest BCUT2D eigenvalue weighted by Crippen LogP contribution is 2.60. The number of hydrogen-bond donors (Lipinski definition) is 1. The standard InChI is InChI=1S/C21H23O5P/c1-3-25-27(24,26-4-2)20(16-10-13-17-11-6-5-7-12-17)18-14-8-9-15-19(18)21(22)23/h5-16H,3-4H2,1-2H3,(H,22,23)/b13-10+,20-16+. The third-order valence-electron chi connectivity index (χ3n) is 3.67. The first-order valence-electron chi connectivity index (χ1n) is 8.67. The molecule has 0 saturated carbocycles. The Bertz CT molecular complexity index is 861. The van der Waals surface area contributed by atoms with E-state index >= 15 is 0 Å². The van der Waals surface area contributed by atoms with Crippen molar-refractivity contribution < 1.29 is 23.5 Å². The third kappa shape index (κ3) is 5.51. The molecule has 2 aromatic carbocycles. The lowest BCUT2D eigenvalue weighted by molar-refractivity contribution is 0.0696. The Morgan fingerprint density at radius 1 is 0.963 bits per heavy atom. The Hall–Kier alpha value is -2.46. The number of rotatable bonds is 9. The van der Waals surface area contributed by atoms with Gasteiger partial charge >= 0.3 is 13.6 Å². The molecule has 6 heteroatoms. The van der Waals surface area contributed by atoms with Gasteiger partial charge in [-0.2, -0.15) is 0 Å². The van der Waals surface area contributed by atoms with Gasteiger partial charge in [0.05, 0.1) is 24.1 Å². The molecule has 142 valence electrons. The predicted molar refractivity (Wildman–Crippen MR) is 108 cm³/mol. The molecule has 0 atom stereocenters. The fourth-order valence-corrected chi connectivity index (χ4v) is 4.34. The van der Waals surface area contributed by atoms with Crippen LogP contribution in [0.3, 0.4) is 0 Å². The molecule has 0 aromatic heterocycles. The Morgan fingerprint density at radius 3 is 2.07 bits per heavy atom. The van der Waals surface area contributed by atoms with E-state index in [0.717, 1.165) is 5.56 Å². The molecule has 0 radical (unpaired) electrons. The average molecular weight is 386 g/mol. The van der Waals surface area contributed by atoms with E-state index in [2.05, 4.69) is 0 Å². The summed E-state index contributed by atoms with van der Waals surface area (Å²) in [4.78, 5) is 11.6.